The summed E-state index contributed by atoms with van der Waals surface area (Å²) in [6, 6.07) is 3.39. The minimum atomic E-state index is -0.850. The maximum Gasteiger partial charge on any atom is 0.256 e. The number of carbonyl (C=O) groups excluding carboxylic acids is 2. The van der Waals surface area contributed by atoms with Gasteiger partial charge in [0.25, 0.3) is 5.91 Å². The second-order valence-corrected chi connectivity index (χ2v) is 7.36. The third-order valence-electron chi connectivity index (χ3n) is 5.73. The fraction of sp³-hybridized carbons (Fsp3) is 0.600. The van der Waals surface area contributed by atoms with Gasteiger partial charge in [-0.05, 0) is 50.9 Å². The average Bonchev–Trinajstić information content (AvgIpc) is 3.13. The van der Waals surface area contributed by atoms with Crippen molar-refractivity contribution in [1.82, 2.24) is 15.1 Å². The van der Waals surface area contributed by atoms with Gasteiger partial charge in [0.1, 0.15) is 11.6 Å². The number of carbonyl (C=O) groups is 2. The van der Waals surface area contributed by atoms with Crippen LogP contribution in [0.3, 0.4) is 0 Å². The van der Waals surface area contributed by atoms with Crippen molar-refractivity contribution in [3.05, 3.63) is 35.4 Å². The van der Waals surface area contributed by atoms with Crippen molar-refractivity contribution < 1.29 is 18.4 Å². The van der Waals surface area contributed by atoms with Gasteiger partial charge in [0.2, 0.25) is 5.91 Å². The first-order valence-electron chi connectivity index (χ1n) is 9.75. The molecule has 0 bridgehead atoms. The fourth-order valence-corrected chi connectivity index (χ4v) is 4.08. The molecule has 27 heavy (non-hydrogen) atoms. The number of likely N-dealkylation sites (N-methyl/N-ethyl adjacent to an activating group) is 1. The molecule has 2 heterocycles. The highest BCUT2D eigenvalue weighted by Gasteiger charge is 2.30. The fourth-order valence-electron chi connectivity index (χ4n) is 4.08. The molecule has 1 atom stereocenters. The number of piperidine rings is 1. The molecule has 0 radical (unpaired) electrons. The Morgan fingerprint density at radius 1 is 1.15 bits per heavy atom. The Kier molecular flexibility index (Phi) is 6.42. The molecule has 1 N–H and O–H groups in total. The van der Waals surface area contributed by atoms with Gasteiger partial charge in [-0.15, -0.1) is 0 Å². The van der Waals surface area contributed by atoms with Crippen LogP contribution >= 0.6 is 0 Å². The van der Waals surface area contributed by atoms with Gasteiger partial charge in [-0.3, -0.25) is 14.5 Å². The number of halogens is 2. The minimum Gasteiger partial charge on any atom is -0.354 e. The molecule has 2 aliphatic heterocycles. The second kappa shape index (κ2) is 8.78. The number of amides is 2. The lowest BCUT2D eigenvalue weighted by Crippen LogP contribution is -2.46. The molecule has 0 saturated carbocycles. The molecule has 0 aliphatic carbocycles. The van der Waals surface area contributed by atoms with Crippen molar-refractivity contribution in [2.75, 3.05) is 32.7 Å². The predicted octanol–water partition coefficient (Wildman–Crippen LogP) is 2.42. The molecule has 0 aromatic heterocycles. The Balaban J connectivity index is 1.48. The van der Waals surface area contributed by atoms with E-state index in [0.717, 1.165) is 31.6 Å². The van der Waals surface area contributed by atoms with E-state index in [1.165, 1.54) is 17.4 Å². The van der Waals surface area contributed by atoms with E-state index in [2.05, 4.69) is 17.1 Å². The summed E-state index contributed by atoms with van der Waals surface area (Å²) in [5, 5.41) is 3.06. The van der Waals surface area contributed by atoms with Crippen molar-refractivity contribution >= 4 is 11.8 Å². The maximum atomic E-state index is 13.8. The summed E-state index contributed by atoms with van der Waals surface area (Å²) >= 11 is 0. The van der Waals surface area contributed by atoms with E-state index >= 15 is 0 Å². The standard InChI is InChI=1S/C20H27F2N3O2/c1-2-24-9-3-4-16(24)13-23-19(26)14-7-10-25(11-8-14)20(27)17-6-5-15(21)12-18(17)22/h5-6,12,14,16H,2-4,7-11,13H2,1H3,(H,23,26). The Bertz CT molecular complexity index is 690. The zero-order valence-electron chi connectivity index (χ0n) is 15.7. The Morgan fingerprint density at radius 3 is 2.56 bits per heavy atom. The van der Waals surface area contributed by atoms with Crippen molar-refractivity contribution in [1.29, 1.82) is 0 Å². The number of rotatable bonds is 5. The third kappa shape index (κ3) is 4.64. The molecule has 1 aromatic carbocycles. The van der Waals surface area contributed by atoms with E-state index in [1.807, 2.05) is 0 Å². The van der Waals surface area contributed by atoms with E-state index in [-0.39, 0.29) is 17.4 Å². The van der Waals surface area contributed by atoms with E-state index in [0.29, 0.717) is 38.5 Å². The lowest BCUT2D eigenvalue weighted by molar-refractivity contribution is -0.126. The lowest BCUT2D eigenvalue weighted by Gasteiger charge is -2.32. The number of hydrogen-bond donors (Lipinski definition) is 1. The van der Waals surface area contributed by atoms with Crippen LogP contribution in [-0.2, 0) is 4.79 Å². The molecule has 2 saturated heterocycles. The summed E-state index contributed by atoms with van der Waals surface area (Å²) in [6.45, 7) is 5.71. The molecular formula is C20H27F2N3O2. The number of nitrogens with one attached hydrogen (secondary N) is 1. The Labute approximate surface area is 158 Å². The van der Waals surface area contributed by atoms with Crippen LogP contribution in [0.5, 0.6) is 0 Å². The number of nitrogens with zero attached hydrogens (tertiary/aromatic N) is 2. The van der Waals surface area contributed by atoms with E-state index in [9.17, 15) is 18.4 Å². The van der Waals surface area contributed by atoms with Crippen LogP contribution in [0.2, 0.25) is 0 Å². The summed E-state index contributed by atoms with van der Waals surface area (Å²) in [6.07, 6.45) is 3.41. The number of likely N-dealkylation sites (tertiary alicyclic amines) is 2. The molecule has 2 fully saturated rings. The van der Waals surface area contributed by atoms with Crippen molar-refractivity contribution in [2.45, 2.75) is 38.6 Å². The highest BCUT2D eigenvalue weighted by molar-refractivity contribution is 5.94. The van der Waals surface area contributed by atoms with Gasteiger partial charge in [0.05, 0.1) is 5.56 Å². The van der Waals surface area contributed by atoms with Crippen molar-refractivity contribution in [3.63, 3.8) is 0 Å². The summed E-state index contributed by atoms with van der Waals surface area (Å²) < 4.78 is 26.8. The molecule has 0 spiro atoms. The molecule has 1 unspecified atom stereocenters. The highest BCUT2D eigenvalue weighted by atomic mass is 19.1. The summed E-state index contributed by atoms with van der Waals surface area (Å²) in [5.41, 5.74) is -0.125. The SMILES string of the molecule is CCN1CCCC1CNC(=O)C1CCN(C(=O)c2ccc(F)cc2F)CC1. The zero-order chi connectivity index (χ0) is 19.4. The van der Waals surface area contributed by atoms with Crippen LogP contribution in [0.25, 0.3) is 0 Å². The van der Waals surface area contributed by atoms with Gasteiger partial charge < -0.3 is 10.2 Å². The molecule has 2 aliphatic rings. The molecule has 148 valence electrons. The first kappa shape index (κ1) is 19.7. The quantitative estimate of drug-likeness (QED) is 0.855. The largest absolute Gasteiger partial charge is 0.354 e. The molecular weight excluding hydrogens is 352 g/mol. The van der Waals surface area contributed by atoms with Gasteiger partial charge in [-0.25, -0.2) is 8.78 Å². The smallest absolute Gasteiger partial charge is 0.256 e. The van der Waals surface area contributed by atoms with Crippen molar-refractivity contribution in [3.8, 4) is 0 Å². The normalized spacial score (nSPS) is 21.4. The average molecular weight is 379 g/mol. The van der Waals surface area contributed by atoms with Crippen LogP contribution in [0.4, 0.5) is 8.78 Å². The number of benzene rings is 1. The van der Waals surface area contributed by atoms with Crippen LogP contribution in [0, 0.1) is 17.6 Å². The lowest BCUT2D eigenvalue weighted by atomic mass is 9.95. The van der Waals surface area contributed by atoms with Gasteiger partial charge >= 0.3 is 0 Å². The minimum absolute atomic E-state index is 0.0398. The summed E-state index contributed by atoms with van der Waals surface area (Å²) in [7, 11) is 0. The van der Waals surface area contributed by atoms with E-state index in [1.54, 1.807) is 0 Å². The Hall–Kier alpha value is -2.02. The first-order valence-corrected chi connectivity index (χ1v) is 9.75. The van der Waals surface area contributed by atoms with Crippen LogP contribution in [-0.4, -0.2) is 60.4 Å². The van der Waals surface area contributed by atoms with Gasteiger partial charge in [0, 0.05) is 37.7 Å². The number of hydrogen-bond acceptors (Lipinski definition) is 3. The predicted molar refractivity (Wildman–Crippen MR) is 98.3 cm³/mol. The monoisotopic (exact) mass is 379 g/mol. The van der Waals surface area contributed by atoms with Gasteiger partial charge in [-0.1, -0.05) is 6.92 Å². The van der Waals surface area contributed by atoms with Gasteiger partial charge in [0.15, 0.2) is 0 Å². The Morgan fingerprint density at radius 2 is 1.89 bits per heavy atom. The molecule has 7 heteroatoms. The molecule has 3 rings (SSSR count). The topological polar surface area (TPSA) is 52.7 Å². The molecule has 5 nitrogen and oxygen atoms in total. The van der Waals surface area contributed by atoms with E-state index in [4.69, 9.17) is 0 Å². The van der Waals surface area contributed by atoms with Crippen LogP contribution in [0.1, 0.15) is 43.0 Å². The maximum absolute atomic E-state index is 13.8. The highest BCUT2D eigenvalue weighted by Crippen LogP contribution is 2.21. The summed E-state index contributed by atoms with van der Waals surface area (Å²) in [5.74, 6) is -2.09. The summed E-state index contributed by atoms with van der Waals surface area (Å²) in [4.78, 5) is 28.8. The van der Waals surface area contributed by atoms with Crippen LogP contribution < -0.4 is 5.32 Å². The van der Waals surface area contributed by atoms with Crippen LogP contribution in [0.15, 0.2) is 18.2 Å². The van der Waals surface area contributed by atoms with Crippen molar-refractivity contribution in [2.24, 2.45) is 5.92 Å². The second-order valence-electron chi connectivity index (χ2n) is 7.36. The molecule has 1 aromatic rings. The van der Waals surface area contributed by atoms with Gasteiger partial charge in [-0.2, -0.15) is 0 Å². The zero-order valence-corrected chi connectivity index (χ0v) is 15.7. The first-order chi connectivity index (χ1) is 13.0. The third-order valence-corrected chi connectivity index (χ3v) is 5.73. The van der Waals surface area contributed by atoms with E-state index < -0.39 is 17.5 Å². The molecule has 2 amide bonds.